The molecule has 1 aliphatic heterocycles. The topological polar surface area (TPSA) is 49.8 Å². The summed E-state index contributed by atoms with van der Waals surface area (Å²) in [5, 5.41) is 9.03. The lowest BCUT2D eigenvalue weighted by molar-refractivity contribution is -0.151. The number of hydrogen-bond donors (Lipinski definition) is 1. The molecule has 1 unspecified atom stereocenters. The molecular formula is C10H19NO3. The predicted octanol–water partition coefficient (Wildman–Crippen LogP) is 0.960. The van der Waals surface area contributed by atoms with Gasteiger partial charge in [0, 0.05) is 12.6 Å². The number of rotatable bonds is 4. The second-order valence-electron chi connectivity index (χ2n) is 3.64. The van der Waals surface area contributed by atoms with Gasteiger partial charge in [0.25, 0.3) is 0 Å². The van der Waals surface area contributed by atoms with Crippen LogP contribution in [0.1, 0.15) is 26.7 Å². The summed E-state index contributed by atoms with van der Waals surface area (Å²) in [4.78, 5) is 13.0. The molecule has 0 aliphatic carbocycles. The second kappa shape index (κ2) is 5.32. The summed E-state index contributed by atoms with van der Waals surface area (Å²) in [6, 6.07) is -0.0753. The van der Waals surface area contributed by atoms with E-state index in [1.807, 2.05) is 0 Å². The Balaban J connectivity index is 2.65. The molecule has 0 aromatic heterocycles. The summed E-state index contributed by atoms with van der Waals surface area (Å²) < 4.78 is 5.19. The van der Waals surface area contributed by atoms with Gasteiger partial charge < -0.3 is 9.84 Å². The first-order valence-corrected chi connectivity index (χ1v) is 5.27. The summed E-state index contributed by atoms with van der Waals surface area (Å²) in [5.41, 5.74) is 0. The van der Waals surface area contributed by atoms with Crippen molar-refractivity contribution in [3.05, 3.63) is 0 Å². The minimum atomic E-state index is -0.767. The van der Waals surface area contributed by atoms with E-state index in [0.717, 1.165) is 19.4 Å². The fourth-order valence-corrected chi connectivity index (χ4v) is 2.02. The predicted molar refractivity (Wildman–Crippen MR) is 53.3 cm³/mol. The summed E-state index contributed by atoms with van der Waals surface area (Å²) in [6.45, 7) is 5.92. The van der Waals surface area contributed by atoms with Gasteiger partial charge in [0.1, 0.15) is 6.04 Å². The van der Waals surface area contributed by atoms with Crippen molar-refractivity contribution in [2.75, 3.05) is 19.8 Å². The highest BCUT2D eigenvalue weighted by molar-refractivity contribution is 5.73. The van der Waals surface area contributed by atoms with Gasteiger partial charge in [-0.25, -0.2) is 0 Å². The zero-order valence-corrected chi connectivity index (χ0v) is 8.90. The van der Waals surface area contributed by atoms with Crippen LogP contribution in [0, 0.1) is 0 Å². The molecule has 0 amide bonds. The van der Waals surface area contributed by atoms with Crippen LogP contribution in [0.25, 0.3) is 0 Å². The van der Waals surface area contributed by atoms with Gasteiger partial charge in [-0.2, -0.15) is 0 Å². The van der Waals surface area contributed by atoms with Crippen LogP contribution in [-0.2, 0) is 9.53 Å². The van der Waals surface area contributed by atoms with E-state index in [4.69, 9.17) is 9.84 Å². The zero-order chi connectivity index (χ0) is 10.6. The van der Waals surface area contributed by atoms with Crippen molar-refractivity contribution in [2.45, 2.75) is 38.8 Å². The van der Waals surface area contributed by atoms with Crippen molar-refractivity contribution in [3.8, 4) is 0 Å². The third kappa shape index (κ3) is 2.45. The van der Waals surface area contributed by atoms with E-state index >= 15 is 0 Å². The van der Waals surface area contributed by atoms with Crippen LogP contribution in [0.3, 0.4) is 0 Å². The van der Waals surface area contributed by atoms with Gasteiger partial charge in [-0.05, 0) is 12.8 Å². The fourth-order valence-electron chi connectivity index (χ4n) is 2.02. The van der Waals surface area contributed by atoms with Crippen LogP contribution in [0.15, 0.2) is 0 Å². The number of carboxylic acids is 1. The number of aliphatic carboxylic acids is 1. The molecule has 4 nitrogen and oxygen atoms in total. The standard InChI is InChI=1S/C10H19NO3/c1-3-8(4-2)11-5-6-14-7-9(11)10(12)13/h8-9H,3-7H2,1-2H3,(H,12,13). The second-order valence-corrected chi connectivity index (χ2v) is 3.64. The first kappa shape index (κ1) is 11.5. The van der Waals surface area contributed by atoms with Crippen molar-refractivity contribution in [3.63, 3.8) is 0 Å². The van der Waals surface area contributed by atoms with Gasteiger partial charge in [-0.1, -0.05) is 13.8 Å². The molecule has 1 heterocycles. The molecular weight excluding hydrogens is 182 g/mol. The van der Waals surface area contributed by atoms with Crippen LogP contribution in [0.5, 0.6) is 0 Å². The van der Waals surface area contributed by atoms with Gasteiger partial charge in [-0.15, -0.1) is 0 Å². The molecule has 1 aliphatic rings. The highest BCUT2D eigenvalue weighted by Gasteiger charge is 2.32. The molecule has 0 bridgehead atoms. The minimum absolute atomic E-state index is 0.325. The smallest absolute Gasteiger partial charge is 0.323 e. The molecule has 14 heavy (non-hydrogen) atoms. The number of nitrogens with zero attached hydrogens (tertiary/aromatic N) is 1. The highest BCUT2D eigenvalue weighted by atomic mass is 16.5. The Labute approximate surface area is 84.8 Å². The molecule has 0 aromatic rings. The summed E-state index contributed by atoms with van der Waals surface area (Å²) in [6.07, 6.45) is 2.00. The van der Waals surface area contributed by atoms with Gasteiger partial charge in [0.2, 0.25) is 0 Å². The van der Waals surface area contributed by atoms with Gasteiger partial charge in [-0.3, -0.25) is 9.69 Å². The lowest BCUT2D eigenvalue weighted by atomic mass is 10.1. The maximum atomic E-state index is 11.0. The molecule has 4 heteroatoms. The average molecular weight is 201 g/mol. The Hall–Kier alpha value is -0.610. The van der Waals surface area contributed by atoms with Gasteiger partial charge >= 0.3 is 5.97 Å². The Morgan fingerprint density at radius 3 is 2.71 bits per heavy atom. The van der Waals surface area contributed by atoms with E-state index in [-0.39, 0.29) is 0 Å². The summed E-state index contributed by atoms with van der Waals surface area (Å²) in [7, 11) is 0. The van der Waals surface area contributed by atoms with E-state index in [1.165, 1.54) is 0 Å². The molecule has 1 rings (SSSR count). The van der Waals surface area contributed by atoms with Crippen LogP contribution >= 0.6 is 0 Å². The maximum absolute atomic E-state index is 11.0. The lowest BCUT2D eigenvalue weighted by Gasteiger charge is -2.38. The summed E-state index contributed by atoms with van der Waals surface area (Å²) in [5.74, 6) is -0.767. The SMILES string of the molecule is CCC(CC)N1CCOCC1C(=O)O. The molecule has 1 fully saturated rings. The number of ether oxygens (including phenoxy) is 1. The zero-order valence-electron chi connectivity index (χ0n) is 8.90. The number of morpholine rings is 1. The molecule has 0 aromatic carbocycles. The van der Waals surface area contributed by atoms with E-state index in [0.29, 0.717) is 19.3 Å². The molecule has 0 saturated carbocycles. The van der Waals surface area contributed by atoms with Crippen LogP contribution in [-0.4, -0.2) is 47.8 Å². The Bertz CT molecular complexity index is 192. The van der Waals surface area contributed by atoms with Gasteiger partial charge in [0.15, 0.2) is 0 Å². The third-order valence-corrected chi connectivity index (χ3v) is 2.87. The first-order chi connectivity index (χ1) is 6.70. The molecule has 1 saturated heterocycles. The Kier molecular flexibility index (Phi) is 4.35. The Morgan fingerprint density at radius 2 is 2.21 bits per heavy atom. The van der Waals surface area contributed by atoms with Gasteiger partial charge in [0.05, 0.1) is 13.2 Å². The molecule has 1 atom stereocenters. The van der Waals surface area contributed by atoms with Crippen LogP contribution in [0.4, 0.5) is 0 Å². The van der Waals surface area contributed by atoms with Crippen molar-refractivity contribution in [1.82, 2.24) is 4.90 Å². The monoisotopic (exact) mass is 201 g/mol. The van der Waals surface area contributed by atoms with Crippen LogP contribution < -0.4 is 0 Å². The Morgan fingerprint density at radius 1 is 1.57 bits per heavy atom. The molecule has 0 radical (unpaired) electrons. The van der Waals surface area contributed by atoms with E-state index in [1.54, 1.807) is 0 Å². The largest absolute Gasteiger partial charge is 0.480 e. The highest BCUT2D eigenvalue weighted by Crippen LogP contribution is 2.16. The maximum Gasteiger partial charge on any atom is 0.323 e. The fraction of sp³-hybridized carbons (Fsp3) is 0.900. The normalized spacial score (nSPS) is 24.1. The third-order valence-electron chi connectivity index (χ3n) is 2.87. The van der Waals surface area contributed by atoms with Crippen LogP contribution in [0.2, 0.25) is 0 Å². The minimum Gasteiger partial charge on any atom is -0.480 e. The van der Waals surface area contributed by atoms with Crippen molar-refractivity contribution < 1.29 is 14.6 Å². The molecule has 0 spiro atoms. The summed E-state index contributed by atoms with van der Waals surface area (Å²) >= 11 is 0. The number of hydrogen-bond acceptors (Lipinski definition) is 3. The lowest BCUT2D eigenvalue weighted by Crippen LogP contribution is -2.54. The van der Waals surface area contributed by atoms with E-state index in [9.17, 15) is 4.79 Å². The average Bonchev–Trinajstić information content (AvgIpc) is 2.20. The number of carbonyl (C=O) groups is 1. The van der Waals surface area contributed by atoms with Crippen molar-refractivity contribution in [2.24, 2.45) is 0 Å². The number of carboxylic acid groups (broad SMARTS) is 1. The van der Waals surface area contributed by atoms with Crippen molar-refractivity contribution in [1.29, 1.82) is 0 Å². The van der Waals surface area contributed by atoms with Crippen molar-refractivity contribution >= 4 is 5.97 Å². The van der Waals surface area contributed by atoms with E-state index in [2.05, 4.69) is 18.7 Å². The molecule has 1 N–H and O–H groups in total. The molecule has 82 valence electrons. The quantitative estimate of drug-likeness (QED) is 0.736. The first-order valence-electron chi connectivity index (χ1n) is 5.27. The van der Waals surface area contributed by atoms with E-state index < -0.39 is 12.0 Å².